The quantitative estimate of drug-likeness (QED) is 0.912. The number of rotatable bonds is 5. The normalized spacial score (nSPS) is 13.0. The van der Waals surface area contributed by atoms with Crippen LogP contribution in [0.25, 0.3) is 0 Å². The molecule has 5 nitrogen and oxygen atoms in total. The van der Waals surface area contributed by atoms with Gasteiger partial charge in [0.05, 0.1) is 7.11 Å². The van der Waals surface area contributed by atoms with Crippen LogP contribution in [0.15, 0.2) is 36.5 Å². The van der Waals surface area contributed by atoms with Gasteiger partial charge < -0.3 is 19.5 Å². The predicted molar refractivity (Wildman–Crippen MR) is 78.8 cm³/mol. The molecule has 0 aliphatic carbocycles. The third kappa shape index (κ3) is 3.44. The van der Waals surface area contributed by atoms with E-state index >= 15 is 0 Å². The second-order valence-corrected chi connectivity index (χ2v) is 4.79. The molecule has 0 saturated heterocycles. The first-order chi connectivity index (χ1) is 10.3. The fourth-order valence-electron chi connectivity index (χ4n) is 2.22. The molecule has 0 amide bonds. The number of fused-ring (bicyclic) bond motifs is 1. The minimum absolute atomic E-state index is 0.612. The minimum atomic E-state index is 0.612. The highest BCUT2D eigenvalue weighted by Crippen LogP contribution is 2.30. The maximum atomic E-state index is 5.58. The highest BCUT2D eigenvalue weighted by Gasteiger charge is 2.11. The van der Waals surface area contributed by atoms with Crippen molar-refractivity contribution in [2.75, 3.05) is 20.3 Å². The molecular weight excluding hydrogens is 268 g/mol. The van der Waals surface area contributed by atoms with Crippen LogP contribution in [0.3, 0.4) is 0 Å². The standard InChI is InChI=1S/C16H18N2O3/c1-19-16-9-13(4-5-18-16)11-17-10-12-2-3-14-15(8-12)21-7-6-20-14/h2-5,8-9,17H,6-7,10-11H2,1H3. The molecular formula is C16H18N2O3. The Morgan fingerprint density at radius 1 is 1.05 bits per heavy atom. The largest absolute Gasteiger partial charge is 0.486 e. The second kappa shape index (κ2) is 6.45. The van der Waals surface area contributed by atoms with Crippen molar-refractivity contribution in [3.05, 3.63) is 47.7 Å². The lowest BCUT2D eigenvalue weighted by molar-refractivity contribution is 0.171. The molecule has 0 fully saturated rings. The molecule has 1 aromatic carbocycles. The van der Waals surface area contributed by atoms with Crippen molar-refractivity contribution in [3.8, 4) is 17.4 Å². The summed E-state index contributed by atoms with van der Waals surface area (Å²) >= 11 is 0. The Balaban J connectivity index is 1.57. The molecule has 0 bridgehead atoms. The Bertz CT molecular complexity index is 616. The van der Waals surface area contributed by atoms with Crippen LogP contribution >= 0.6 is 0 Å². The fourth-order valence-corrected chi connectivity index (χ4v) is 2.22. The Labute approximate surface area is 123 Å². The third-order valence-corrected chi connectivity index (χ3v) is 3.27. The van der Waals surface area contributed by atoms with Gasteiger partial charge >= 0.3 is 0 Å². The molecule has 110 valence electrons. The van der Waals surface area contributed by atoms with Crippen LogP contribution in [-0.4, -0.2) is 25.3 Å². The van der Waals surface area contributed by atoms with Crippen LogP contribution in [0.4, 0.5) is 0 Å². The summed E-state index contributed by atoms with van der Waals surface area (Å²) in [6.45, 7) is 2.75. The summed E-state index contributed by atoms with van der Waals surface area (Å²) in [5, 5.41) is 3.40. The molecule has 21 heavy (non-hydrogen) atoms. The first-order valence-electron chi connectivity index (χ1n) is 6.93. The minimum Gasteiger partial charge on any atom is -0.486 e. The van der Waals surface area contributed by atoms with Crippen molar-refractivity contribution in [1.29, 1.82) is 0 Å². The van der Waals surface area contributed by atoms with Gasteiger partial charge in [0.1, 0.15) is 13.2 Å². The summed E-state index contributed by atoms with van der Waals surface area (Å²) in [7, 11) is 1.62. The number of benzene rings is 1. The molecule has 0 saturated carbocycles. The summed E-state index contributed by atoms with van der Waals surface area (Å²) in [6, 6.07) is 9.93. The molecule has 5 heteroatoms. The van der Waals surface area contributed by atoms with E-state index in [1.807, 2.05) is 30.3 Å². The third-order valence-electron chi connectivity index (χ3n) is 3.27. The molecule has 3 rings (SSSR count). The fraction of sp³-hybridized carbons (Fsp3) is 0.312. The molecule has 0 atom stereocenters. The van der Waals surface area contributed by atoms with Crippen molar-refractivity contribution in [2.45, 2.75) is 13.1 Å². The lowest BCUT2D eigenvalue weighted by Crippen LogP contribution is -2.16. The van der Waals surface area contributed by atoms with E-state index in [2.05, 4.69) is 10.3 Å². The number of hydrogen-bond acceptors (Lipinski definition) is 5. The van der Waals surface area contributed by atoms with E-state index in [0.29, 0.717) is 19.1 Å². The molecule has 2 heterocycles. The number of hydrogen-bond donors (Lipinski definition) is 1. The first-order valence-corrected chi connectivity index (χ1v) is 6.93. The van der Waals surface area contributed by atoms with Gasteiger partial charge in [-0.05, 0) is 29.3 Å². The van der Waals surface area contributed by atoms with E-state index in [4.69, 9.17) is 14.2 Å². The zero-order valence-corrected chi connectivity index (χ0v) is 12.0. The Morgan fingerprint density at radius 2 is 1.81 bits per heavy atom. The van der Waals surface area contributed by atoms with Crippen molar-refractivity contribution in [2.24, 2.45) is 0 Å². The van der Waals surface area contributed by atoms with Gasteiger partial charge in [-0.2, -0.15) is 0 Å². The summed E-state index contributed by atoms with van der Waals surface area (Å²) in [5.41, 5.74) is 2.31. The summed E-state index contributed by atoms with van der Waals surface area (Å²) < 4.78 is 16.2. The Hall–Kier alpha value is -2.27. The summed E-state index contributed by atoms with van der Waals surface area (Å²) in [5.74, 6) is 2.28. The number of nitrogens with zero attached hydrogens (tertiary/aromatic N) is 1. The van der Waals surface area contributed by atoms with Crippen LogP contribution in [0.1, 0.15) is 11.1 Å². The maximum Gasteiger partial charge on any atom is 0.213 e. The van der Waals surface area contributed by atoms with Crippen LogP contribution in [0.2, 0.25) is 0 Å². The zero-order chi connectivity index (χ0) is 14.5. The average Bonchev–Trinajstić information content (AvgIpc) is 2.55. The van der Waals surface area contributed by atoms with Crippen molar-refractivity contribution in [3.63, 3.8) is 0 Å². The summed E-state index contributed by atoms with van der Waals surface area (Å²) in [4.78, 5) is 4.09. The predicted octanol–water partition coefficient (Wildman–Crippen LogP) is 2.15. The van der Waals surface area contributed by atoms with Crippen molar-refractivity contribution < 1.29 is 14.2 Å². The van der Waals surface area contributed by atoms with Crippen LogP contribution in [-0.2, 0) is 13.1 Å². The Morgan fingerprint density at radius 3 is 2.62 bits per heavy atom. The number of methoxy groups -OCH3 is 1. The highest BCUT2D eigenvalue weighted by molar-refractivity contribution is 5.43. The average molecular weight is 286 g/mol. The molecule has 2 aromatic rings. The van der Waals surface area contributed by atoms with E-state index in [-0.39, 0.29) is 0 Å². The molecule has 1 N–H and O–H groups in total. The van der Waals surface area contributed by atoms with E-state index in [9.17, 15) is 0 Å². The van der Waals surface area contributed by atoms with Crippen molar-refractivity contribution >= 4 is 0 Å². The van der Waals surface area contributed by atoms with Gasteiger partial charge in [-0.25, -0.2) is 4.98 Å². The van der Waals surface area contributed by atoms with Gasteiger partial charge in [0.25, 0.3) is 0 Å². The number of nitrogens with one attached hydrogen (secondary N) is 1. The summed E-state index contributed by atoms with van der Waals surface area (Å²) in [6.07, 6.45) is 1.75. The van der Waals surface area contributed by atoms with Gasteiger partial charge in [-0.15, -0.1) is 0 Å². The van der Waals surface area contributed by atoms with Crippen LogP contribution < -0.4 is 19.5 Å². The van der Waals surface area contributed by atoms with Gasteiger partial charge in [0.2, 0.25) is 5.88 Å². The van der Waals surface area contributed by atoms with E-state index in [1.165, 1.54) is 5.56 Å². The van der Waals surface area contributed by atoms with Gasteiger partial charge in [-0.1, -0.05) is 6.07 Å². The SMILES string of the molecule is COc1cc(CNCc2ccc3c(c2)OCCO3)ccn1. The smallest absolute Gasteiger partial charge is 0.213 e. The van der Waals surface area contributed by atoms with Crippen molar-refractivity contribution in [1.82, 2.24) is 10.3 Å². The van der Waals surface area contributed by atoms with Gasteiger partial charge in [0, 0.05) is 25.4 Å². The van der Waals surface area contributed by atoms with Gasteiger partial charge in [-0.3, -0.25) is 0 Å². The lowest BCUT2D eigenvalue weighted by atomic mass is 10.2. The zero-order valence-electron chi connectivity index (χ0n) is 12.0. The number of ether oxygens (including phenoxy) is 3. The molecule has 0 radical (unpaired) electrons. The molecule has 1 aliphatic rings. The Kier molecular flexibility index (Phi) is 4.21. The maximum absolute atomic E-state index is 5.58. The monoisotopic (exact) mass is 286 g/mol. The van der Waals surface area contributed by atoms with Gasteiger partial charge in [0.15, 0.2) is 11.5 Å². The van der Waals surface area contributed by atoms with Crippen LogP contribution in [0.5, 0.6) is 17.4 Å². The number of pyridine rings is 1. The first kappa shape index (κ1) is 13.7. The topological polar surface area (TPSA) is 52.6 Å². The number of aromatic nitrogens is 1. The lowest BCUT2D eigenvalue weighted by Gasteiger charge is -2.19. The van der Waals surface area contributed by atoms with Crippen LogP contribution in [0, 0.1) is 0 Å². The second-order valence-electron chi connectivity index (χ2n) is 4.79. The molecule has 1 aromatic heterocycles. The highest BCUT2D eigenvalue weighted by atomic mass is 16.6. The van der Waals surface area contributed by atoms with E-state index < -0.39 is 0 Å². The molecule has 1 aliphatic heterocycles. The van der Waals surface area contributed by atoms with E-state index in [0.717, 1.165) is 30.2 Å². The molecule has 0 spiro atoms. The molecule has 0 unspecified atom stereocenters. The van der Waals surface area contributed by atoms with E-state index in [1.54, 1.807) is 13.3 Å².